The minimum Gasteiger partial charge on any atom is -0.395 e. The monoisotopic (exact) mass is 668 g/mol. The smallest absolute Gasteiger partial charge is 0.0734 e. The second-order valence-electron chi connectivity index (χ2n) is 16.4. The van der Waals surface area contributed by atoms with Crippen molar-refractivity contribution in [1.82, 2.24) is 9.80 Å². The number of aryl methyl sites for hydroxylation is 4. The molecule has 4 heteroatoms. The molecule has 6 aliphatic rings. The van der Waals surface area contributed by atoms with E-state index in [1.807, 2.05) is 0 Å². The van der Waals surface area contributed by atoms with E-state index in [0.717, 1.165) is 63.0 Å². The third-order valence-electron chi connectivity index (χ3n) is 13.9. The number of fused-ring (bicyclic) bond motifs is 6. The Morgan fingerprint density at radius 1 is 0.620 bits per heavy atom. The largest absolute Gasteiger partial charge is 0.395 e. The van der Waals surface area contributed by atoms with Gasteiger partial charge >= 0.3 is 0 Å². The third-order valence-corrected chi connectivity index (χ3v) is 13.9. The van der Waals surface area contributed by atoms with E-state index in [1.165, 1.54) is 33.4 Å². The molecule has 0 spiro atoms. The number of piperidine rings is 6. The second kappa shape index (κ2) is 13.7. The molecule has 4 nitrogen and oxygen atoms in total. The Bertz CT molecular complexity index is 1770. The zero-order valence-electron chi connectivity index (χ0n) is 30.5. The molecule has 4 aromatic carbocycles. The highest BCUT2D eigenvalue weighted by atomic mass is 16.3. The maximum absolute atomic E-state index is 14.0. The van der Waals surface area contributed by atoms with Crippen molar-refractivity contribution in [2.45, 2.75) is 82.9 Å². The molecule has 0 radical (unpaired) electrons. The summed E-state index contributed by atoms with van der Waals surface area (Å²) in [4.78, 5) is 5.39. The Hall–Kier alpha value is -3.28. The third kappa shape index (κ3) is 5.58. The Morgan fingerprint density at radius 2 is 1.12 bits per heavy atom. The molecule has 7 atom stereocenters. The summed E-state index contributed by atoms with van der Waals surface area (Å²) in [5, 5.41) is 26.3. The summed E-state index contributed by atoms with van der Waals surface area (Å²) in [5.41, 5.74) is 9.11. The van der Waals surface area contributed by atoms with Crippen LogP contribution >= 0.6 is 0 Å². The molecular weight excluding hydrogens is 613 g/mol. The van der Waals surface area contributed by atoms with Gasteiger partial charge in [0.05, 0.1) is 18.1 Å². The van der Waals surface area contributed by atoms with Gasteiger partial charge in [-0.05, 0) is 137 Å². The summed E-state index contributed by atoms with van der Waals surface area (Å²) >= 11 is 0. The average Bonchev–Trinajstić information content (AvgIpc) is 3.15. The number of hydrogen-bond donors (Lipinski definition) is 2. The number of aliphatic hydroxyl groups is 2. The summed E-state index contributed by atoms with van der Waals surface area (Å²) in [6.45, 7) is 13.0. The van der Waals surface area contributed by atoms with Crippen LogP contribution < -0.4 is 0 Å². The van der Waals surface area contributed by atoms with E-state index in [-0.39, 0.29) is 36.4 Å². The van der Waals surface area contributed by atoms with Crippen LogP contribution in [0.4, 0.5) is 0 Å². The predicted octanol–water partition coefficient (Wildman–Crippen LogP) is 8.46. The summed E-state index contributed by atoms with van der Waals surface area (Å²) in [5.74, 6) is 1.02. The van der Waals surface area contributed by atoms with Gasteiger partial charge in [0.25, 0.3) is 0 Å². The van der Waals surface area contributed by atoms with Crippen molar-refractivity contribution in [2.75, 3.05) is 32.8 Å². The van der Waals surface area contributed by atoms with Gasteiger partial charge in [0.2, 0.25) is 0 Å². The number of hydrogen-bond acceptors (Lipinski definition) is 4. The van der Waals surface area contributed by atoms with Crippen molar-refractivity contribution in [3.05, 3.63) is 142 Å². The van der Waals surface area contributed by atoms with Crippen molar-refractivity contribution in [3.63, 3.8) is 0 Å². The Kier molecular flexibility index (Phi) is 9.27. The predicted molar refractivity (Wildman–Crippen MR) is 203 cm³/mol. The maximum Gasteiger partial charge on any atom is 0.0734 e. The van der Waals surface area contributed by atoms with Crippen LogP contribution in [0.5, 0.6) is 0 Å². The van der Waals surface area contributed by atoms with Crippen molar-refractivity contribution in [3.8, 4) is 0 Å². The van der Waals surface area contributed by atoms with Crippen molar-refractivity contribution < 1.29 is 10.2 Å². The van der Waals surface area contributed by atoms with E-state index < -0.39 is 11.5 Å². The average molecular weight is 669 g/mol. The van der Waals surface area contributed by atoms with Crippen molar-refractivity contribution >= 4 is 0 Å². The fraction of sp³-hybridized carbons (Fsp3) is 0.478. The first-order valence-electron chi connectivity index (χ1n) is 19.3. The van der Waals surface area contributed by atoms with Gasteiger partial charge in [0.15, 0.2) is 0 Å². The zero-order valence-corrected chi connectivity index (χ0v) is 30.5. The fourth-order valence-corrected chi connectivity index (χ4v) is 11.5. The molecule has 0 aliphatic carbocycles. The van der Waals surface area contributed by atoms with E-state index in [4.69, 9.17) is 0 Å². The van der Waals surface area contributed by atoms with E-state index in [2.05, 4.69) is 135 Å². The number of benzene rings is 4. The van der Waals surface area contributed by atoms with Gasteiger partial charge in [-0.25, -0.2) is 0 Å². The molecule has 0 amide bonds. The Balaban J connectivity index is 1.37. The van der Waals surface area contributed by atoms with Gasteiger partial charge in [0.1, 0.15) is 0 Å². The van der Waals surface area contributed by atoms with Crippen molar-refractivity contribution in [1.29, 1.82) is 0 Å². The van der Waals surface area contributed by atoms with E-state index in [1.54, 1.807) is 0 Å². The Labute approximate surface area is 300 Å². The van der Waals surface area contributed by atoms with Crippen LogP contribution in [-0.4, -0.2) is 58.9 Å². The first kappa shape index (κ1) is 33.8. The lowest BCUT2D eigenvalue weighted by atomic mass is 9.50. The standard InChI is InChI=1S/C46H56N2O2/c1-30-13-17-36(18-14-30)43-40(34-21-25-47(43)26-22-34)41(38-11-7-5-9-32(38)3)45(50)46(29-49,39-12-8-6-10-33(39)4)42-35-23-27-48(28-24-35)44(42)37-19-15-31(2)16-20-37/h5-20,34-35,40-45,49-50H,21-29H2,1-4H3. The number of nitrogens with zero attached hydrogens (tertiary/aromatic N) is 2. The molecule has 4 bridgehead atoms. The molecule has 6 aliphatic heterocycles. The lowest BCUT2D eigenvalue weighted by Crippen LogP contribution is -2.64. The maximum atomic E-state index is 14.0. The Morgan fingerprint density at radius 3 is 1.68 bits per heavy atom. The summed E-state index contributed by atoms with van der Waals surface area (Å²) < 4.78 is 0. The molecule has 6 heterocycles. The molecule has 0 aromatic heterocycles. The van der Waals surface area contributed by atoms with Crippen LogP contribution in [0, 0.1) is 51.4 Å². The van der Waals surface area contributed by atoms with Gasteiger partial charge in [0, 0.05) is 18.0 Å². The van der Waals surface area contributed by atoms with Crippen LogP contribution in [0.25, 0.3) is 0 Å². The van der Waals surface area contributed by atoms with Gasteiger partial charge in [-0.3, -0.25) is 9.80 Å². The number of aliphatic hydroxyl groups excluding tert-OH is 2. The molecule has 2 N–H and O–H groups in total. The molecule has 7 unspecified atom stereocenters. The fourth-order valence-electron chi connectivity index (χ4n) is 11.5. The van der Waals surface area contributed by atoms with Crippen LogP contribution in [0.1, 0.15) is 88.2 Å². The first-order valence-corrected chi connectivity index (χ1v) is 19.3. The second-order valence-corrected chi connectivity index (χ2v) is 16.4. The van der Waals surface area contributed by atoms with Gasteiger partial charge in [-0.2, -0.15) is 0 Å². The minimum atomic E-state index is -0.874. The quantitative estimate of drug-likeness (QED) is 0.188. The highest BCUT2D eigenvalue weighted by molar-refractivity contribution is 5.43. The molecule has 6 saturated heterocycles. The minimum absolute atomic E-state index is 0.0548. The van der Waals surface area contributed by atoms with Gasteiger partial charge in [-0.15, -0.1) is 0 Å². The lowest BCUT2D eigenvalue weighted by molar-refractivity contribution is -0.128. The van der Waals surface area contributed by atoms with Crippen LogP contribution in [-0.2, 0) is 5.41 Å². The summed E-state index contributed by atoms with van der Waals surface area (Å²) in [6.07, 6.45) is 3.73. The molecule has 4 aromatic rings. The highest BCUT2D eigenvalue weighted by Gasteiger charge is 2.61. The van der Waals surface area contributed by atoms with Crippen LogP contribution in [0.2, 0.25) is 0 Å². The number of rotatable bonds is 9. The summed E-state index contributed by atoms with van der Waals surface area (Å²) in [6, 6.07) is 36.2. The highest BCUT2D eigenvalue weighted by Crippen LogP contribution is 2.61. The molecule has 10 rings (SSSR count). The molecule has 50 heavy (non-hydrogen) atoms. The SMILES string of the molecule is Cc1ccc(C2C(C(c3ccccc3C)C(O)C(CO)(c3ccccc3C)C3C4CCN(CC4)C3c3ccc(C)cc3)C3CCN2CC3)cc1. The van der Waals surface area contributed by atoms with Crippen LogP contribution in [0.3, 0.4) is 0 Å². The van der Waals surface area contributed by atoms with E-state index in [9.17, 15) is 10.2 Å². The molecule has 6 fully saturated rings. The van der Waals surface area contributed by atoms with Crippen LogP contribution in [0.15, 0.2) is 97.1 Å². The van der Waals surface area contributed by atoms with Gasteiger partial charge < -0.3 is 10.2 Å². The normalized spacial score (nSPS) is 31.2. The lowest BCUT2D eigenvalue weighted by Gasteiger charge is -2.61. The zero-order chi connectivity index (χ0) is 34.6. The van der Waals surface area contributed by atoms with E-state index in [0.29, 0.717) is 11.8 Å². The molecule has 0 saturated carbocycles. The first-order chi connectivity index (χ1) is 24.3. The van der Waals surface area contributed by atoms with Gasteiger partial charge in [-0.1, -0.05) is 108 Å². The van der Waals surface area contributed by atoms with Crippen molar-refractivity contribution in [2.24, 2.45) is 23.7 Å². The van der Waals surface area contributed by atoms with E-state index >= 15 is 0 Å². The molecule has 262 valence electrons. The molecular formula is C46H56N2O2. The summed E-state index contributed by atoms with van der Waals surface area (Å²) in [7, 11) is 0. The topological polar surface area (TPSA) is 46.9 Å².